The molecule has 0 saturated carbocycles. The van der Waals surface area contributed by atoms with E-state index in [9.17, 15) is 13.5 Å². The monoisotopic (exact) mass is 270 g/mol. The van der Waals surface area contributed by atoms with Crippen LogP contribution in [0.4, 0.5) is 5.69 Å². The number of β-amino-alcohol motifs (C(OH)–C–C–N with tert-alkyl or cyclic N) is 1. The third-order valence-electron chi connectivity index (χ3n) is 3.24. The predicted octanol–water partition coefficient (Wildman–Crippen LogP) is 0.723. The third kappa shape index (κ3) is 2.50. The first-order valence-corrected chi connectivity index (χ1v) is 7.39. The molecular weight excluding hydrogens is 252 g/mol. The zero-order valence-corrected chi connectivity index (χ0v) is 11.2. The number of aliphatic hydroxyl groups is 1. The van der Waals surface area contributed by atoms with Crippen molar-refractivity contribution in [1.82, 2.24) is 4.31 Å². The lowest BCUT2D eigenvalue weighted by Gasteiger charge is -2.29. The summed E-state index contributed by atoms with van der Waals surface area (Å²) in [5.74, 6) is 0. The number of nitrogens with zero attached hydrogens (tertiary/aromatic N) is 1. The van der Waals surface area contributed by atoms with Gasteiger partial charge in [0.15, 0.2) is 0 Å². The van der Waals surface area contributed by atoms with E-state index >= 15 is 0 Å². The molecule has 5 nitrogen and oxygen atoms in total. The lowest BCUT2D eigenvalue weighted by atomic mass is 10.1. The first kappa shape index (κ1) is 13.3. The van der Waals surface area contributed by atoms with E-state index in [0.717, 1.165) is 5.56 Å². The number of rotatable bonds is 2. The maximum Gasteiger partial charge on any atom is 0.243 e. The van der Waals surface area contributed by atoms with Gasteiger partial charge in [-0.3, -0.25) is 0 Å². The summed E-state index contributed by atoms with van der Waals surface area (Å²) in [6, 6.07) is 4.69. The molecule has 1 heterocycles. The lowest BCUT2D eigenvalue weighted by Crippen LogP contribution is -2.42. The van der Waals surface area contributed by atoms with Gasteiger partial charge in [-0.15, -0.1) is 0 Å². The zero-order valence-electron chi connectivity index (χ0n) is 10.3. The number of aliphatic hydroxyl groups excluding tert-OH is 1. The van der Waals surface area contributed by atoms with Crippen LogP contribution in [0, 0.1) is 6.92 Å². The summed E-state index contributed by atoms with van der Waals surface area (Å²) >= 11 is 0. The Morgan fingerprint density at radius 1 is 1.44 bits per heavy atom. The van der Waals surface area contributed by atoms with Gasteiger partial charge < -0.3 is 10.8 Å². The van der Waals surface area contributed by atoms with Crippen LogP contribution < -0.4 is 5.73 Å². The largest absolute Gasteiger partial charge is 0.399 e. The first-order chi connectivity index (χ1) is 8.41. The van der Waals surface area contributed by atoms with E-state index in [1.807, 2.05) is 0 Å². The summed E-state index contributed by atoms with van der Waals surface area (Å²) in [4.78, 5) is 0.239. The van der Waals surface area contributed by atoms with Crippen LogP contribution in [0.25, 0.3) is 0 Å². The zero-order chi connectivity index (χ0) is 13.3. The second-order valence-corrected chi connectivity index (χ2v) is 6.62. The van der Waals surface area contributed by atoms with E-state index in [-0.39, 0.29) is 11.4 Å². The number of aryl methyl sites for hydroxylation is 1. The van der Waals surface area contributed by atoms with Gasteiger partial charge in [0.25, 0.3) is 0 Å². The van der Waals surface area contributed by atoms with Crippen molar-refractivity contribution < 1.29 is 13.5 Å². The molecule has 0 spiro atoms. The molecule has 0 radical (unpaired) electrons. The Morgan fingerprint density at radius 3 is 2.78 bits per heavy atom. The number of anilines is 1. The third-order valence-corrected chi connectivity index (χ3v) is 5.10. The average molecular weight is 270 g/mol. The molecule has 0 bridgehead atoms. The van der Waals surface area contributed by atoms with Crippen LogP contribution in [0.1, 0.15) is 18.4 Å². The van der Waals surface area contributed by atoms with Crippen LogP contribution >= 0.6 is 0 Å². The van der Waals surface area contributed by atoms with Crippen LogP contribution in [0.15, 0.2) is 23.1 Å². The molecule has 18 heavy (non-hydrogen) atoms. The minimum Gasteiger partial charge on any atom is -0.399 e. The number of piperidine rings is 1. The highest BCUT2D eigenvalue weighted by Gasteiger charge is 2.29. The summed E-state index contributed by atoms with van der Waals surface area (Å²) in [5.41, 5.74) is 7.00. The van der Waals surface area contributed by atoms with Crippen LogP contribution in [0.3, 0.4) is 0 Å². The maximum absolute atomic E-state index is 12.4. The van der Waals surface area contributed by atoms with E-state index in [2.05, 4.69) is 0 Å². The minimum atomic E-state index is -3.52. The molecule has 100 valence electrons. The molecule has 0 unspecified atom stereocenters. The Labute approximate surface area is 107 Å². The van der Waals surface area contributed by atoms with Gasteiger partial charge in [0.1, 0.15) is 0 Å². The molecule has 1 aromatic carbocycles. The van der Waals surface area contributed by atoms with E-state index in [0.29, 0.717) is 25.1 Å². The molecule has 0 amide bonds. The number of benzene rings is 1. The van der Waals surface area contributed by atoms with Crippen LogP contribution in [-0.2, 0) is 10.0 Å². The summed E-state index contributed by atoms with van der Waals surface area (Å²) < 4.78 is 26.1. The van der Waals surface area contributed by atoms with Crippen molar-refractivity contribution in [3.8, 4) is 0 Å². The summed E-state index contributed by atoms with van der Waals surface area (Å²) in [6.07, 6.45) is 0.782. The maximum atomic E-state index is 12.4. The Bertz CT molecular complexity index is 542. The summed E-state index contributed by atoms with van der Waals surface area (Å²) in [7, 11) is -3.52. The fourth-order valence-electron chi connectivity index (χ4n) is 2.10. The van der Waals surface area contributed by atoms with Crippen LogP contribution in [0.2, 0.25) is 0 Å². The van der Waals surface area contributed by atoms with E-state index in [4.69, 9.17) is 5.73 Å². The Balaban J connectivity index is 2.32. The lowest BCUT2D eigenvalue weighted by molar-refractivity contribution is 0.108. The number of sulfonamides is 1. The van der Waals surface area contributed by atoms with Crippen molar-refractivity contribution in [2.24, 2.45) is 0 Å². The van der Waals surface area contributed by atoms with Gasteiger partial charge in [0, 0.05) is 18.8 Å². The molecular formula is C12H18N2O3S. The van der Waals surface area contributed by atoms with Crippen molar-refractivity contribution in [3.05, 3.63) is 23.8 Å². The Kier molecular flexibility index (Phi) is 3.61. The van der Waals surface area contributed by atoms with E-state index in [1.54, 1.807) is 19.1 Å². The first-order valence-electron chi connectivity index (χ1n) is 5.95. The molecule has 0 aliphatic carbocycles. The molecule has 2 rings (SSSR count). The summed E-state index contributed by atoms with van der Waals surface area (Å²) in [5, 5.41) is 9.56. The molecule has 1 saturated heterocycles. The summed E-state index contributed by atoms with van der Waals surface area (Å²) in [6.45, 7) is 2.41. The van der Waals surface area contributed by atoms with Gasteiger partial charge >= 0.3 is 0 Å². The van der Waals surface area contributed by atoms with Crippen molar-refractivity contribution in [3.63, 3.8) is 0 Å². The highest BCUT2D eigenvalue weighted by atomic mass is 32.2. The number of nitrogen functional groups attached to an aromatic ring is 1. The van der Waals surface area contributed by atoms with Crippen molar-refractivity contribution in [2.75, 3.05) is 18.8 Å². The van der Waals surface area contributed by atoms with Gasteiger partial charge in [0.2, 0.25) is 10.0 Å². The van der Waals surface area contributed by atoms with Gasteiger partial charge in [0.05, 0.1) is 11.0 Å². The molecule has 1 aromatic rings. The Morgan fingerprint density at radius 2 is 2.17 bits per heavy atom. The number of hydrogen-bond acceptors (Lipinski definition) is 4. The second kappa shape index (κ2) is 4.87. The van der Waals surface area contributed by atoms with Gasteiger partial charge in [-0.2, -0.15) is 4.31 Å². The van der Waals surface area contributed by atoms with E-state index in [1.165, 1.54) is 10.4 Å². The van der Waals surface area contributed by atoms with Crippen molar-refractivity contribution >= 4 is 15.7 Å². The standard InChI is InChI=1S/C12H18N2O3S/c1-9-7-11(4-5-12(9)13)18(16,17)14-6-2-3-10(15)8-14/h4-5,7,10,15H,2-3,6,8,13H2,1H3/t10-/m0/s1. The quantitative estimate of drug-likeness (QED) is 0.776. The fraction of sp³-hybridized carbons (Fsp3) is 0.500. The molecule has 1 atom stereocenters. The molecule has 1 aliphatic heterocycles. The number of nitrogens with two attached hydrogens (primary N) is 1. The van der Waals surface area contributed by atoms with Gasteiger partial charge in [-0.05, 0) is 43.5 Å². The predicted molar refractivity (Wildman–Crippen MR) is 69.6 cm³/mol. The normalized spacial score (nSPS) is 22.0. The highest BCUT2D eigenvalue weighted by molar-refractivity contribution is 7.89. The molecule has 3 N–H and O–H groups in total. The topological polar surface area (TPSA) is 83.6 Å². The second-order valence-electron chi connectivity index (χ2n) is 4.68. The van der Waals surface area contributed by atoms with Crippen molar-refractivity contribution in [1.29, 1.82) is 0 Å². The molecule has 1 fully saturated rings. The SMILES string of the molecule is Cc1cc(S(=O)(=O)N2CCC[C@H](O)C2)ccc1N. The van der Waals surface area contributed by atoms with Gasteiger partial charge in [-0.25, -0.2) is 8.42 Å². The average Bonchev–Trinajstić information content (AvgIpc) is 2.32. The van der Waals surface area contributed by atoms with Gasteiger partial charge in [-0.1, -0.05) is 0 Å². The van der Waals surface area contributed by atoms with Crippen LogP contribution in [0.5, 0.6) is 0 Å². The fourth-order valence-corrected chi connectivity index (χ4v) is 3.70. The van der Waals surface area contributed by atoms with Crippen molar-refractivity contribution in [2.45, 2.75) is 30.8 Å². The molecule has 6 heteroatoms. The smallest absolute Gasteiger partial charge is 0.243 e. The molecule has 1 aliphatic rings. The van der Waals surface area contributed by atoms with Crippen LogP contribution in [-0.4, -0.2) is 37.0 Å². The minimum absolute atomic E-state index is 0.172. The van der Waals surface area contributed by atoms with E-state index < -0.39 is 16.1 Å². The Hall–Kier alpha value is -1.11. The molecule has 0 aromatic heterocycles. The highest BCUT2D eigenvalue weighted by Crippen LogP contribution is 2.23. The number of hydrogen-bond donors (Lipinski definition) is 2.